The smallest absolute Gasteiger partial charge is 0.108 e. The molecule has 0 aliphatic rings. The monoisotopic (exact) mass is 210 g/mol. The maximum Gasteiger partial charge on any atom is 0.108 e. The Kier molecular flexibility index (Phi) is 3.91. The van der Waals surface area contributed by atoms with Crippen LogP contribution in [0.5, 0.6) is 0 Å². The summed E-state index contributed by atoms with van der Waals surface area (Å²) in [4.78, 5) is 4.25. The quantitative estimate of drug-likeness (QED) is 0.808. The first kappa shape index (κ1) is 12.2. The SMILES string of the molecule is CC(C)CC(C)(O)CCc1nccn1C. The van der Waals surface area contributed by atoms with Gasteiger partial charge in [-0.05, 0) is 25.7 Å². The molecule has 1 aromatic heterocycles. The second-order valence-electron chi connectivity index (χ2n) is 5.05. The van der Waals surface area contributed by atoms with Crippen molar-refractivity contribution < 1.29 is 5.11 Å². The lowest BCUT2D eigenvalue weighted by Gasteiger charge is -2.25. The highest BCUT2D eigenvalue weighted by atomic mass is 16.3. The third kappa shape index (κ3) is 4.04. The lowest BCUT2D eigenvalue weighted by atomic mass is 9.90. The number of aliphatic hydroxyl groups is 1. The van der Waals surface area contributed by atoms with Gasteiger partial charge in [-0.2, -0.15) is 0 Å². The van der Waals surface area contributed by atoms with E-state index in [4.69, 9.17) is 0 Å². The summed E-state index contributed by atoms with van der Waals surface area (Å²) in [5.41, 5.74) is -0.569. The maximum atomic E-state index is 10.1. The van der Waals surface area contributed by atoms with E-state index in [0.29, 0.717) is 5.92 Å². The van der Waals surface area contributed by atoms with Crippen LogP contribution in [0.1, 0.15) is 39.4 Å². The molecule has 0 fully saturated rings. The summed E-state index contributed by atoms with van der Waals surface area (Å²) in [6, 6.07) is 0. The molecule has 3 heteroatoms. The number of imidazole rings is 1. The standard InChI is InChI=1S/C12H22N2O/c1-10(2)9-12(3,15)6-5-11-13-7-8-14(11)4/h7-8,10,15H,5-6,9H2,1-4H3. The molecule has 1 atom stereocenters. The molecule has 1 heterocycles. The molecule has 0 saturated carbocycles. The van der Waals surface area contributed by atoms with Crippen LogP contribution in [0.4, 0.5) is 0 Å². The first-order valence-corrected chi connectivity index (χ1v) is 5.59. The van der Waals surface area contributed by atoms with Gasteiger partial charge in [0.25, 0.3) is 0 Å². The molecule has 3 nitrogen and oxygen atoms in total. The van der Waals surface area contributed by atoms with Crippen LogP contribution in [-0.2, 0) is 13.5 Å². The van der Waals surface area contributed by atoms with E-state index in [2.05, 4.69) is 18.8 Å². The van der Waals surface area contributed by atoms with Crippen molar-refractivity contribution in [2.75, 3.05) is 0 Å². The highest BCUT2D eigenvalue weighted by Crippen LogP contribution is 2.21. The van der Waals surface area contributed by atoms with Crippen molar-refractivity contribution in [1.82, 2.24) is 9.55 Å². The van der Waals surface area contributed by atoms with Crippen molar-refractivity contribution in [3.8, 4) is 0 Å². The Bertz CT molecular complexity index is 302. The van der Waals surface area contributed by atoms with Gasteiger partial charge in [0.15, 0.2) is 0 Å². The van der Waals surface area contributed by atoms with E-state index < -0.39 is 5.60 Å². The van der Waals surface area contributed by atoms with Gasteiger partial charge in [0.2, 0.25) is 0 Å². The highest BCUT2D eigenvalue weighted by Gasteiger charge is 2.22. The van der Waals surface area contributed by atoms with Crippen LogP contribution in [-0.4, -0.2) is 20.3 Å². The van der Waals surface area contributed by atoms with Crippen LogP contribution in [0.25, 0.3) is 0 Å². The van der Waals surface area contributed by atoms with Gasteiger partial charge in [0.1, 0.15) is 5.82 Å². The Balaban J connectivity index is 2.46. The van der Waals surface area contributed by atoms with Crippen LogP contribution in [0.15, 0.2) is 12.4 Å². The molecule has 0 aromatic carbocycles. The second kappa shape index (κ2) is 4.79. The minimum atomic E-state index is -0.569. The number of hydrogen-bond donors (Lipinski definition) is 1. The molecular formula is C12H22N2O. The summed E-state index contributed by atoms with van der Waals surface area (Å²) in [5, 5.41) is 10.1. The lowest BCUT2D eigenvalue weighted by molar-refractivity contribution is 0.0296. The summed E-state index contributed by atoms with van der Waals surface area (Å²) in [6.45, 7) is 6.18. The van der Waals surface area contributed by atoms with Crippen LogP contribution < -0.4 is 0 Å². The molecule has 1 N–H and O–H groups in total. The maximum absolute atomic E-state index is 10.1. The van der Waals surface area contributed by atoms with Crippen molar-refractivity contribution in [1.29, 1.82) is 0 Å². The predicted octanol–water partition coefficient (Wildman–Crippen LogP) is 2.15. The average molecular weight is 210 g/mol. The minimum absolute atomic E-state index is 0.529. The van der Waals surface area contributed by atoms with Gasteiger partial charge in [-0.25, -0.2) is 4.98 Å². The second-order valence-corrected chi connectivity index (χ2v) is 5.05. The number of hydrogen-bond acceptors (Lipinski definition) is 2. The van der Waals surface area contributed by atoms with Crippen molar-refractivity contribution in [2.45, 2.75) is 45.6 Å². The van der Waals surface area contributed by atoms with Crippen molar-refractivity contribution >= 4 is 0 Å². The zero-order valence-corrected chi connectivity index (χ0v) is 10.2. The topological polar surface area (TPSA) is 38.1 Å². The first-order chi connectivity index (χ1) is 6.91. The Labute approximate surface area is 92.1 Å². The zero-order chi connectivity index (χ0) is 11.5. The van der Waals surface area contributed by atoms with Gasteiger partial charge < -0.3 is 9.67 Å². The number of aromatic nitrogens is 2. The Hall–Kier alpha value is -0.830. The van der Waals surface area contributed by atoms with Gasteiger partial charge in [0, 0.05) is 25.9 Å². The van der Waals surface area contributed by atoms with Crippen molar-refractivity contribution in [2.24, 2.45) is 13.0 Å². The summed E-state index contributed by atoms with van der Waals surface area (Å²) in [6.07, 6.45) is 6.19. The van der Waals surface area contributed by atoms with E-state index in [1.165, 1.54) is 0 Å². The molecule has 1 aromatic rings. The van der Waals surface area contributed by atoms with Gasteiger partial charge in [-0.3, -0.25) is 0 Å². The molecule has 0 saturated heterocycles. The summed E-state index contributed by atoms with van der Waals surface area (Å²) in [7, 11) is 1.99. The summed E-state index contributed by atoms with van der Waals surface area (Å²) < 4.78 is 2.01. The molecule has 1 unspecified atom stereocenters. The Morgan fingerprint density at radius 1 is 1.53 bits per heavy atom. The first-order valence-electron chi connectivity index (χ1n) is 5.59. The van der Waals surface area contributed by atoms with E-state index in [1.54, 1.807) is 6.20 Å². The zero-order valence-electron chi connectivity index (χ0n) is 10.2. The lowest BCUT2D eigenvalue weighted by Crippen LogP contribution is -2.27. The van der Waals surface area contributed by atoms with E-state index in [-0.39, 0.29) is 0 Å². The third-order valence-corrected chi connectivity index (χ3v) is 2.66. The summed E-state index contributed by atoms with van der Waals surface area (Å²) >= 11 is 0. The van der Waals surface area contributed by atoms with Crippen molar-refractivity contribution in [3.63, 3.8) is 0 Å². The van der Waals surface area contributed by atoms with Crippen molar-refractivity contribution in [3.05, 3.63) is 18.2 Å². The fourth-order valence-electron chi connectivity index (χ4n) is 2.00. The third-order valence-electron chi connectivity index (χ3n) is 2.66. The normalized spacial score (nSPS) is 15.6. The predicted molar refractivity (Wildman–Crippen MR) is 61.6 cm³/mol. The molecule has 1 rings (SSSR count). The molecule has 0 radical (unpaired) electrons. The fourth-order valence-corrected chi connectivity index (χ4v) is 2.00. The Morgan fingerprint density at radius 2 is 2.20 bits per heavy atom. The molecule has 0 spiro atoms. The van der Waals surface area contributed by atoms with Gasteiger partial charge >= 0.3 is 0 Å². The molecule has 0 aliphatic heterocycles. The molecule has 0 bridgehead atoms. The van der Waals surface area contributed by atoms with Crippen LogP contribution in [0.3, 0.4) is 0 Å². The van der Waals surface area contributed by atoms with E-state index in [0.717, 1.165) is 25.1 Å². The van der Waals surface area contributed by atoms with E-state index in [1.807, 2.05) is 24.7 Å². The largest absolute Gasteiger partial charge is 0.390 e. The number of nitrogens with zero attached hydrogens (tertiary/aromatic N) is 2. The Morgan fingerprint density at radius 3 is 2.67 bits per heavy atom. The van der Waals surface area contributed by atoms with Crippen LogP contribution in [0, 0.1) is 5.92 Å². The van der Waals surface area contributed by atoms with E-state index in [9.17, 15) is 5.11 Å². The molecule has 0 amide bonds. The molecule has 86 valence electrons. The number of rotatable bonds is 5. The van der Waals surface area contributed by atoms with Gasteiger partial charge in [0.05, 0.1) is 5.60 Å². The van der Waals surface area contributed by atoms with E-state index >= 15 is 0 Å². The highest BCUT2D eigenvalue weighted by molar-refractivity contribution is 4.93. The van der Waals surface area contributed by atoms with Gasteiger partial charge in [-0.15, -0.1) is 0 Å². The summed E-state index contributed by atoms with van der Waals surface area (Å²) in [5.74, 6) is 1.57. The molecule has 0 aliphatic carbocycles. The van der Waals surface area contributed by atoms with Gasteiger partial charge in [-0.1, -0.05) is 13.8 Å². The fraction of sp³-hybridized carbons (Fsp3) is 0.750. The van der Waals surface area contributed by atoms with Crippen LogP contribution >= 0.6 is 0 Å². The molecular weight excluding hydrogens is 188 g/mol. The van der Waals surface area contributed by atoms with Crippen LogP contribution in [0.2, 0.25) is 0 Å². The molecule has 15 heavy (non-hydrogen) atoms. The number of aryl methyl sites for hydroxylation is 2. The average Bonchev–Trinajstić information content (AvgIpc) is 2.45. The minimum Gasteiger partial charge on any atom is -0.390 e.